The molecule has 1 aromatic carbocycles. The topological polar surface area (TPSA) is 63.6 Å². The average molecular weight is 569 g/mol. The van der Waals surface area contributed by atoms with Crippen LogP contribution in [0.4, 0.5) is 0 Å². The van der Waals surface area contributed by atoms with E-state index in [1.165, 1.54) is 0 Å². The zero-order valence-corrected chi connectivity index (χ0v) is 19.3. The second kappa shape index (κ2) is 7.28. The quantitative estimate of drug-likeness (QED) is 0.485. The number of hydrogen-bond acceptors (Lipinski definition) is 3. The minimum Gasteiger partial charge on any atom is -0.482 e. The predicted octanol–water partition coefficient (Wildman–Crippen LogP) is 5.86. The molecule has 1 heterocycles. The van der Waals surface area contributed by atoms with Crippen LogP contribution in [0.1, 0.15) is 22.8 Å². The third-order valence-electron chi connectivity index (χ3n) is 4.89. The summed E-state index contributed by atoms with van der Waals surface area (Å²) in [6, 6.07) is 6.91. The van der Waals surface area contributed by atoms with Crippen LogP contribution in [-0.4, -0.2) is 23.0 Å². The number of rotatable bonds is 2. The highest BCUT2D eigenvalue weighted by molar-refractivity contribution is 9.12. The molecule has 0 aromatic heterocycles. The monoisotopic (exact) mass is 566 g/mol. The van der Waals surface area contributed by atoms with Crippen LogP contribution in [0.25, 0.3) is 5.57 Å². The number of fused-ring (bicyclic) bond motifs is 2. The molecule has 2 atom stereocenters. The Labute approximate surface area is 186 Å². The first-order valence-electron chi connectivity index (χ1n) is 8.40. The van der Waals surface area contributed by atoms with E-state index < -0.39 is 12.1 Å². The molecule has 4 rings (SSSR count). The van der Waals surface area contributed by atoms with Crippen molar-refractivity contribution in [3.05, 3.63) is 84.0 Å². The Morgan fingerprint density at radius 3 is 2.57 bits per heavy atom. The van der Waals surface area contributed by atoms with E-state index in [0.717, 1.165) is 20.1 Å². The largest absolute Gasteiger partial charge is 0.482 e. The van der Waals surface area contributed by atoms with Gasteiger partial charge in [0.1, 0.15) is 16.3 Å². The second-order valence-electron chi connectivity index (χ2n) is 6.62. The molecule has 28 heavy (non-hydrogen) atoms. The zero-order valence-electron chi connectivity index (χ0n) is 14.5. The molecule has 1 aromatic rings. The molecule has 0 bridgehead atoms. The van der Waals surface area contributed by atoms with Gasteiger partial charge in [0.25, 0.3) is 0 Å². The first-order valence-corrected chi connectivity index (χ1v) is 10.8. The van der Waals surface area contributed by atoms with Crippen LogP contribution < -0.4 is 0 Å². The van der Waals surface area contributed by atoms with Gasteiger partial charge in [0, 0.05) is 20.5 Å². The fourth-order valence-corrected chi connectivity index (χ4v) is 5.73. The van der Waals surface area contributed by atoms with Crippen LogP contribution in [0.5, 0.6) is 0 Å². The van der Waals surface area contributed by atoms with Crippen LogP contribution in [-0.2, 0) is 9.53 Å². The van der Waals surface area contributed by atoms with E-state index in [0.29, 0.717) is 21.4 Å². The summed E-state index contributed by atoms with van der Waals surface area (Å²) in [6.45, 7) is 1.74. The molecular weight excluding hydrogens is 556 g/mol. The van der Waals surface area contributed by atoms with Crippen LogP contribution in [0.3, 0.4) is 0 Å². The number of ketones is 1. The third-order valence-corrected chi connectivity index (χ3v) is 6.78. The summed E-state index contributed by atoms with van der Waals surface area (Å²) in [5.41, 5.74) is 2.91. The molecule has 0 fully saturated rings. The van der Waals surface area contributed by atoms with E-state index in [-0.39, 0.29) is 17.3 Å². The van der Waals surface area contributed by atoms with E-state index in [4.69, 9.17) is 4.74 Å². The normalized spacial score (nSPS) is 24.0. The van der Waals surface area contributed by atoms with Gasteiger partial charge in [0.05, 0.1) is 5.56 Å². The summed E-state index contributed by atoms with van der Waals surface area (Å²) in [5, 5.41) is 9.75. The van der Waals surface area contributed by atoms with Crippen molar-refractivity contribution in [3.8, 4) is 0 Å². The molecule has 142 valence electrons. The first kappa shape index (κ1) is 19.6. The molecular formula is C21H13Br3O4. The molecule has 0 spiro atoms. The Kier molecular flexibility index (Phi) is 5.10. The second-order valence-corrected chi connectivity index (χ2v) is 9.25. The summed E-state index contributed by atoms with van der Waals surface area (Å²) in [4.78, 5) is 24.4. The fourth-order valence-electron chi connectivity index (χ4n) is 3.65. The Morgan fingerprint density at radius 2 is 1.86 bits per heavy atom. The number of allylic oxidation sites excluding steroid dienone is 5. The van der Waals surface area contributed by atoms with Crippen molar-refractivity contribution in [1.29, 1.82) is 0 Å². The summed E-state index contributed by atoms with van der Waals surface area (Å²) < 4.78 is 8.24. The lowest BCUT2D eigenvalue weighted by Gasteiger charge is -2.39. The highest BCUT2D eigenvalue weighted by Gasteiger charge is 2.41. The van der Waals surface area contributed by atoms with E-state index in [1.54, 1.807) is 31.2 Å². The van der Waals surface area contributed by atoms with Gasteiger partial charge >= 0.3 is 5.97 Å². The Bertz CT molecular complexity index is 1090. The molecule has 0 radical (unpaired) electrons. The fraction of sp³-hybridized carbons (Fsp3) is 0.143. The molecule has 2 aliphatic carbocycles. The van der Waals surface area contributed by atoms with Crippen molar-refractivity contribution in [3.63, 3.8) is 0 Å². The van der Waals surface area contributed by atoms with E-state index >= 15 is 0 Å². The number of carboxylic acid groups (broad SMARTS) is 1. The summed E-state index contributed by atoms with van der Waals surface area (Å²) >= 11 is 10.5. The Balaban J connectivity index is 2.08. The smallest absolute Gasteiger partial charge is 0.336 e. The van der Waals surface area contributed by atoms with Crippen molar-refractivity contribution in [1.82, 2.24) is 0 Å². The number of Topliss-reactive ketones (excluding diaryl/α,β-unsaturated/α-hetero) is 1. The van der Waals surface area contributed by atoms with Crippen LogP contribution in [0.15, 0.2) is 72.8 Å². The maximum absolute atomic E-state index is 12.5. The summed E-state index contributed by atoms with van der Waals surface area (Å²) in [6.07, 6.45) is 5.28. The van der Waals surface area contributed by atoms with Gasteiger partial charge in [-0.15, -0.1) is 0 Å². The minimum atomic E-state index is -1.00. The van der Waals surface area contributed by atoms with Crippen LogP contribution >= 0.6 is 47.8 Å². The van der Waals surface area contributed by atoms with Crippen LogP contribution in [0.2, 0.25) is 0 Å². The Hall–Kier alpha value is -1.70. The van der Waals surface area contributed by atoms with Gasteiger partial charge in [-0.2, -0.15) is 0 Å². The van der Waals surface area contributed by atoms with Gasteiger partial charge in [-0.05, 0) is 57.8 Å². The van der Waals surface area contributed by atoms with E-state index in [2.05, 4.69) is 47.8 Å². The zero-order chi connectivity index (χ0) is 20.2. The maximum Gasteiger partial charge on any atom is 0.336 e. The standard InChI is InChI=1S/C21H13Br3O4/c1-9-6-13-16(11-4-2-3-5-12(11)21(26)27)14-7-10(22)8-15(23)19(14)28-20(13)17(24)18(9)25/h2-8,14,19H,1H3,(H,26,27). The molecule has 1 N–H and O–H groups in total. The number of carboxylic acids is 1. The van der Waals surface area contributed by atoms with Crippen molar-refractivity contribution < 1.29 is 19.4 Å². The summed E-state index contributed by atoms with van der Waals surface area (Å²) in [5.74, 6) is -0.942. The molecule has 4 nitrogen and oxygen atoms in total. The highest BCUT2D eigenvalue weighted by atomic mass is 79.9. The molecule has 0 saturated heterocycles. The van der Waals surface area contributed by atoms with Crippen molar-refractivity contribution >= 4 is 65.1 Å². The van der Waals surface area contributed by atoms with Gasteiger partial charge in [0.15, 0.2) is 5.78 Å². The number of aromatic carboxylic acids is 1. The van der Waals surface area contributed by atoms with Gasteiger partial charge in [-0.25, -0.2) is 4.79 Å². The SMILES string of the molecule is CC1=CC2=C(c3ccccc3C(=O)O)C3C=C(Br)C=C(Br)C3OC2=C(Br)C1=O. The van der Waals surface area contributed by atoms with Gasteiger partial charge in [-0.1, -0.05) is 56.1 Å². The molecule has 2 unspecified atom stereocenters. The Morgan fingerprint density at radius 1 is 1.14 bits per heavy atom. The number of carbonyl (C=O) groups is 2. The minimum absolute atomic E-state index is 0.143. The van der Waals surface area contributed by atoms with E-state index in [1.807, 2.05) is 18.2 Å². The number of ether oxygens (including phenoxy) is 1. The lowest BCUT2D eigenvalue weighted by molar-refractivity contribution is -0.111. The molecule has 7 heteroatoms. The van der Waals surface area contributed by atoms with Crippen molar-refractivity contribution in [2.24, 2.45) is 5.92 Å². The van der Waals surface area contributed by atoms with Crippen molar-refractivity contribution in [2.45, 2.75) is 13.0 Å². The van der Waals surface area contributed by atoms with Crippen molar-refractivity contribution in [2.75, 3.05) is 0 Å². The maximum atomic E-state index is 12.5. The summed E-state index contributed by atoms with van der Waals surface area (Å²) in [7, 11) is 0. The van der Waals surface area contributed by atoms with Gasteiger partial charge in [0.2, 0.25) is 0 Å². The first-order chi connectivity index (χ1) is 13.3. The lowest BCUT2D eigenvalue weighted by atomic mass is 9.77. The average Bonchev–Trinajstić information content (AvgIpc) is 2.65. The lowest BCUT2D eigenvalue weighted by Crippen LogP contribution is -2.33. The number of benzene rings is 1. The molecule has 3 aliphatic rings. The van der Waals surface area contributed by atoms with E-state index in [9.17, 15) is 14.7 Å². The third kappa shape index (κ3) is 3.09. The van der Waals surface area contributed by atoms with Gasteiger partial charge < -0.3 is 9.84 Å². The highest BCUT2D eigenvalue weighted by Crippen LogP contribution is 2.50. The predicted molar refractivity (Wildman–Crippen MR) is 117 cm³/mol. The number of halogens is 3. The molecule has 0 amide bonds. The molecule has 0 saturated carbocycles. The van der Waals surface area contributed by atoms with Gasteiger partial charge in [-0.3, -0.25) is 4.79 Å². The molecule has 1 aliphatic heterocycles. The number of carbonyl (C=O) groups excluding carboxylic acids is 1. The van der Waals surface area contributed by atoms with Crippen LogP contribution in [0, 0.1) is 5.92 Å². The number of hydrogen-bond donors (Lipinski definition) is 1.